The highest BCUT2D eigenvalue weighted by Gasteiger charge is 2.08. The smallest absolute Gasteiger partial charge is 0.255 e. The molecule has 3 N–H and O–H groups in total. The van der Waals surface area contributed by atoms with Crippen LogP contribution in [0.15, 0.2) is 46.9 Å². The van der Waals surface area contributed by atoms with Gasteiger partial charge >= 0.3 is 0 Å². The number of anilines is 2. The summed E-state index contributed by atoms with van der Waals surface area (Å²) in [7, 11) is 4.04. The number of carbonyl (C=O) groups excluding carboxylic acids is 1. The van der Waals surface area contributed by atoms with E-state index in [0.29, 0.717) is 11.3 Å². The lowest BCUT2D eigenvalue weighted by Gasteiger charge is -2.11. The predicted octanol–water partition coefficient (Wildman–Crippen LogP) is 3.35. The highest BCUT2D eigenvalue weighted by atomic mass is 79.9. The lowest BCUT2D eigenvalue weighted by molar-refractivity contribution is 0.102. The van der Waals surface area contributed by atoms with Crippen molar-refractivity contribution >= 4 is 33.2 Å². The molecule has 0 bridgehead atoms. The predicted molar refractivity (Wildman–Crippen MR) is 90.3 cm³/mol. The normalized spacial score (nSPS) is 10.7. The second-order valence-corrected chi connectivity index (χ2v) is 5.98. The van der Waals surface area contributed by atoms with Crippen LogP contribution in [-0.4, -0.2) is 24.9 Å². The van der Waals surface area contributed by atoms with Crippen molar-refractivity contribution in [3.05, 3.63) is 58.1 Å². The molecular formula is C16H18BrN3O. The second kappa shape index (κ2) is 6.74. The van der Waals surface area contributed by atoms with E-state index in [-0.39, 0.29) is 5.91 Å². The Labute approximate surface area is 133 Å². The lowest BCUT2D eigenvalue weighted by atomic mass is 10.1. The minimum atomic E-state index is -0.172. The van der Waals surface area contributed by atoms with E-state index in [9.17, 15) is 4.79 Å². The Balaban J connectivity index is 2.06. The van der Waals surface area contributed by atoms with Crippen LogP contribution in [0.25, 0.3) is 0 Å². The second-order valence-electron chi connectivity index (χ2n) is 5.13. The van der Waals surface area contributed by atoms with Gasteiger partial charge in [0.25, 0.3) is 5.91 Å². The van der Waals surface area contributed by atoms with E-state index in [1.807, 2.05) is 38.4 Å². The van der Waals surface area contributed by atoms with Gasteiger partial charge in [-0.25, -0.2) is 0 Å². The number of hydrogen-bond acceptors (Lipinski definition) is 3. The molecular weight excluding hydrogens is 330 g/mol. The number of nitrogen functional groups attached to an aromatic ring is 1. The summed E-state index contributed by atoms with van der Waals surface area (Å²) in [5, 5.41) is 2.86. The molecule has 0 aromatic heterocycles. The van der Waals surface area contributed by atoms with Crippen LogP contribution in [0, 0.1) is 0 Å². The van der Waals surface area contributed by atoms with Gasteiger partial charge < -0.3 is 16.0 Å². The first kappa shape index (κ1) is 15.5. The van der Waals surface area contributed by atoms with Gasteiger partial charge in [0, 0.05) is 28.0 Å². The standard InChI is InChI=1S/C16H18BrN3O/c1-20(2)10-11-3-6-13(7-4-11)19-16(21)12-5-8-14(17)15(18)9-12/h3-9H,10,18H2,1-2H3,(H,19,21). The van der Waals surface area contributed by atoms with Crippen LogP contribution in [0.4, 0.5) is 11.4 Å². The Morgan fingerprint density at radius 1 is 1.19 bits per heavy atom. The molecule has 0 aliphatic carbocycles. The summed E-state index contributed by atoms with van der Waals surface area (Å²) in [6.45, 7) is 0.872. The molecule has 110 valence electrons. The van der Waals surface area contributed by atoms with Crippen molar-refractivity contribution in [3.8, 4) is 0 Å². The molecule has 0 saturated carbocycles. The van der Waals surface area contributed by atoms with Crippen molar-refractivity contribution in [1.29, 1.82) is 0 Å². The molecule has 0 heterocycles. The van der Waals surface area contributed by atoms with Crippen LogP contribution < -0.4 is 11.1 Å². The van der Waals surface area contributed by atoms with Gasteiger partial charge in [0.2, 0.25) is 0 Å². The fourth-order valence-electron chi connectivity index (χ4n) is 1.95. The van der Waals surface area contributed by atoms with Gasteiger partial charge in [0.1, 0.15) is 0 Å². The van der Waals surface area contributed by atoms with Gasteiger partial charge in [-0.3, -0.25) is 4.79 Å². The molecule has 0 spiro atoms. The van der Waals surface area contributed by atoms with E-state index in [1.165, 1.54) is 5.56 Å². The van der Waals surface area contributed by atoms with Crippen LogP contribution in [0.2, 0.25) is 0 Å². The number of hydrogen-bond donors (Lipinski definition) is 2. The Morgan fingerprint density at radius 2 is 1.86 bits per heavy atom. The Hall–Kier alpha value is -1.85. The molecule has 0 aliphatic rings. The largest absolute Gasteiger partial charge is 0.398 e. The van der Waals surface area contributed by atoms with Gasteiger partial charge in [-0.05, 0) is 65.9 Å². The quantitative estimate of drug-likeness (QED) is 0.833. The third-order valence-corrected chi connectivity index (χ3v) is 3.69. The fourth-order valence-corrected chi connectivity index (χ4v) is 2.19. The first-order chi connectivity index (χ1) is 9.95. The molecule has 0 aliphatic heterocycles. The number of halogens is 1. The maximum Gasteiger partial charge on any atom is 0.255 e. The molecule has 2 rings (SSSR count). The summed E-state index contributed by atoms with van der Waals surface area (Å²) in [6.07, 6.45) is 0. The summed E-state index contributed by atoms with van der Waals surface area (Å²) in [6, 6.07) is 13.0. The number of nitrogens with one attached hydrogen (secondary N) is 1. The molecule has 2 aromatic rings. The average molecular weight is 348 g/mol. The number of nitrogens with two attached hydrogens (primary N) is 1. The third kappa shape index (κ3) is 4.31. The van der Waals surface area contributed by atoms with E-state index in [0.717, 1.165) is 16.7 Å². The number of rotatable bonds is 4. The van der Waals surface area contributed by atoms with E-state index in [2.05, 4.69) is 26.1 Å². The maximum atomic E-state index is 12.2. The summed E-state index contributed by atoms with van der Waals surface area (Å²) < 4.78 is 0.784. The SMILES string of the molecule is CN(C)Cc1ccc(NC(=O)c2ccc(Br)c(N)c2)cc1. The molecule has 4 nitrogen and oxygen atoms in total. The van der Waals surface area contributed by atoms with E-state index in [1.54, 1.807) is 18.2 Å². The van der Waals surface area contributed by atoms with Crippen molar-refractivity contribution in [3.63, 3.8) is 0 Å². The van der Waals surface area contributed by atoms with Crippen LogP contribution in [-0.2, 0) is 6.54 Å². The Kier molecular flexibility index (Phi) is 4.98. The third-order valence-electron chi connectivity index (χ3n) is 2.97. The molecule has 0 saturated heterocycles. The van der Waals surface area contributed by atoms with Crippen molar-refractivity contribution in [1.82, 2.24) is 4.90 Å². The van der Waals surface area contributed by atoms with Crippen LogP contribution in [0.1, 0.15) is 15.9 Å². The zero-order valence-corrected chi connectivity index (χ0v) is 13.6. The van der Waals surface area contributed by atoms with Crippen LogP contribution in [0.5, 0.6) is 0 Å². The van der Waals surface area contributed by atoms with Crippen molar-refractivity contribution in [2.24, 2.45) is 0 Å². The Bertz CT molecular complexity index is 638. The van der Waals surface area contributed by atoms with E-state index >= 15 is 0 Å². The number of benzene rings is 2. The van der Waals surface area contributed by atoms with E-state index in [4.69, 9.17) is 5.73 Å². The molecule has 5 heteroatoms. The van der Waals surface area contributed by atoms with Gasteiger partial charge in [0.05, 0.1) is 0 Å². The van der Waals surface area contributed by atoms with Crippen molar-refractivity contribution in [2.45, 2.75) is 6.54 Å². The van der Waals surface area contributed by atoms with Gasteiger partial charge in [0.15, 0.2) is 0 Å². The summed E-state index contributed by atoms with van der Waals surface area (Å²) in [5.74, 6) is -0.172. The Morgan fingerprint density at radius 3 is 2.43 bits per heavy atom. The summed E-state index contributed by atoms with van der Waals surface area (Å²) in [5.41, 5.74) is 8.83. The molecule has 1 amide bonds. The van der Waals surface area contributed by atoms with Crippen molar-refractivity contribution < 1.29 is 4.79 Å². The number of amides is 1. The minimum Gasteiger partial charge on any atom is -0.398 e. The number of nitrogens with zero attached hydrogens (tertiary/aromatic N) is 1. The monoisotopic (exact) mass is 347 g/mol. The van der Waals surface area contributed by atoms with Gasteiger partial charge in [-0.2, -0.15) is 0 Å². The number of carbonyl (C=O) groups is 1. The molecule has 2 aromatic carbocycles. The lowest BCUT2D eigenvalue weighted by Crippen LogP contribution is -2.13. The minimum absolute atomic E-state index is 0.172. The highest BCUT2D eigenvalue weighted by molar-refractivity contribution is 9.10. The molecule has 0 radical (unpaired) electrons. The summed E-state index contributed by atoms with van der Waals surface area (Å²) in [4.78, 5) is 14.2. The van der Waals surface area contributed by atoms with E-state index < -0.39 is 0 Å². The molecule has 21 heavy (non-hydrogen) atoms. The first-order valence-electron chi connectivity index (χ1n) is 6.56. The molecule has 0 unspecified atom stereocenters. The fraction of sp³-hybridized carbons (Fsp3) is 0.188. The van der Waals surface area contributed by atoms with Crippen LogP contribution in [0.3, 0.4) is 0 Å². The average Bonchev–Trinajstić information content (AvgIpc) is 2.43. The zero-order chi connectivity index (χ0) is 15.4. The molecule has 0 fully saturated rings. The zero-order valence-electron chi connectivity index (χ0n) is 12.1. The first-order valence-corrected chi connectivity index (χ1v) is 7.35. The van der Waals surface area contributed by atoms with Crippen molar-refractivity contribution in [2.75, 3.05) is 25.1 Å². The maximum absolute atomic E-state index is 12.2. The van der Waals surface area contributed by atoms with Crippen LogP contribution >= 0.6 is 15.9 Å². The van der Waals surface area contributed by atoms with Gasteiger partial charge in [-0.15, -0.1) is 0 Å². The van der Waals surface area contributed by atoms with Gasteiger partial charge in [-0.1, -0.05) is 12.1 Å². The topological polar surface area (TPSA) is 58.4 Å². The molecule has 0 atom stereocenters. The highest BCUT2D eigenvalue weighted by Crippen LogP contribution is 2.21. The summed E-state index contributed by atoms with van der Waals surface area (Å²) >= 11 is 3.31.